The van der Waals surface area contributed by atoms with Crippen LogP contribution in [0.1, 0.15) is 46.0 Å². The molecule has 84 valence electrons. The quantitative estimate of drug-likeness (QED) is 0.647. The van der Waals surface area contributed by atoms with Crippen LogP contribution in [0.5, 0.6) is 0 Å². The summed E-state index contributed by atoms with van der Waals surface area (Å²) in [5.41, 5.74) is 5.97. The van der Waals surface area contributed by atoms with Crippen molar-refractivity contribution in [3.8, 4) is 0 Å². The summed E-state index contributed by atoms with van der Waals surface area (Å²) < 4.78 is 0. The minimum atomic E-state index is 0.498. The van der Waals surface area contributed by atoms with Gasteiger partial charge in [0.1, 0.15) is 0 Å². The van der Waals surface area contributed by atoms with E-state index in [0.29, 0.717) is 6.04 Å². The lowest BCUT2D eigenvalue weighted by molar-refractivity contribution is 0.0767. The summed E-state index contributed by atoms with van der Waals surface area (Å²) in [5, 5.41) is 0. The van der Waals surface area contributed by atoms with Crippen molar-refractivity contribution in [2.75, 3.05) is 13.6 Å². The summed E-state index contributed by atoms with van der Waals surface area (Å²) in [6.45, 7) is 5.30. The molecule has 1 aliphatic carbocycles. The van der Waals surface area contributed by atoms with Gasteiger partial charge in [-0.2, -0.15) is 0 Å². The first-order valence-electron chi connectivity index (χ1n) is 6.23. The molecule has 14 heavy (non-hydrogen) atoms. The molecule has 1 saturated heterocycles. The Morgan fingerprint density at radius 3 is 2.57 bits per heavy atom. The lowest BCUT2D eigenvalue weighted by Gasteiger charge is -2.43. The van der Waals surface area contributed by atoms with Gasteiger partial charge in [-0.3, -0.25) is 0 Å². The van der Waals surface area contributed by atoms with E-state index in [2.05, 4.69) is 11.9 Å². The zero-order valence-corrected chi connectivity index (χ0v) is 10.00. The third-order valence-corrected chi connectivity index (χ3v) is 3.63. The third-order valence-electron chi connectivity index (χ3n) is 3.63. The molecule has 0 bridgehead atoms. The first-order valence-corrected chi connectivity index (χ1v) is 6.23. The Labute approximate surface area is 88.8 Å². The number of nitrogens with two attached hydrogens (primary N) is 1. The number of hydrogen-bond donors (Lipinski definition) is 1. The van der Waals surface area contributed by atoms with Gasteiger partial charge < -0.3 is 10.6 Å². The number of piperidine rings is 1. The fourth-order valence-electron chi connectivity index (χ4n) is 2.94. The standard InChI is InChI=1S/C10H20N2.C2H6/c1-12-6-2-3-8-7-9(11)4-5-10(8)12;1-2/h8-10H,2-7,11H2,1H3;1-2H3. The van der Waals surface area contributed by atoms with E-state index in [0.717, 1.165) is 12.0 Å². The molecule has 0 aromatic carbocycles. The number of likely N-dealkylation sites (tertiary alicyclic amines) is 1. The maximum Gasteiger partial charge on any atom is 0.0122 e. The van der Waals surface area contributed by atoms with Crippen molar-refractivity contribution in [3.63, 3.8) is 0 Å². The fraction of sp³-hybridized carbons (Fsp3) is 1.00. The molecule has 0 spiro atoms. The maximum absolute atomic E-state index is 5.97. The van der Waals surface area contributed by atoms with Crippen molar-refractivity contribution in [3.05, 3.63) is 0 Å². The molecular formula is C12H26N2. The molecule has 0 amide bonds. The van der Waals surface area contributed by atoms with E-state index in [1.54, 1.807) is 0 Å². The van der Waals surface area contributed by atoms with Crippen molar-refractivity contribution in [1.29, 1.82) is 0 Å². The van der Waals surface area contributed by atoms with Crippen LogP contribution in [0, 0.1) is 5.92 Å². The maximum atomic E-state index is 5.97. The van der Waals surface area contributed by atoms with E-state index >= 15 is 0 Å². The molecule has 0 aromatic rings. The SMILES string of the molecule is CC.CN1CCCC2CC(N)CCC21. The largest absolute Gasteiger partial charge is 0.328 e. The van der Waals surface area contributed by atoms with Crippen LogP contribution in [0.4, 0.5) is 0 Å². The number of hydrogen-bond acceptors (Lipinski definition) is 2. The average Bonchev–Trinajstić information content (AvgIpc) is 2.21. The molecular weight excluding hydrogens is 172 g/mol. The molecule has 1 saturated carbocycles. The zero-order chi connectivity index (χ0) is 10.6. The monoisotopic (exact) mass is 198 g/mol. The highest BCUT2D eigenvalue weighted by atomic mass is 15.1. The Bertz CT molecular complexity index is 158. The number of nitrogens with zero attached hydrogens (tertiary/aromatic N) is 1. The molecule has 2 N–H and O–H groups in total. The number of rotatable bonds is 0. The van der Waals surface area contributed by atoms with E-state index in [9.17, 15) is 0 Å². The molecule has 2 nitrogen and oxygen atoms in total. The Balaban J connectivity index is 0.000000461. The molecule has 3 atom stereocenters. The molecule has 2 aliphatic rings. The van der Waals surface area contributed by atoms with Gasteiger partial charge in [0.15, 0.2) is 0 Å². The highest BCUT2D eigenvalue weighted by molar-refractivity contribution is 4.89. The Morgan fingerprint density at radius 1 is 1.14 bits per heavy atom. The van der Waals surface area contributed by atoms with Crippen LogP contribution in [0.3, 0.4) is 0 Å². The molecule has 2 fully saturated rings. The van der Waals surface area contributed by atoms with Gasteiger partial charge in [-0.05, 0) is 51.6 Å². The molecule has 3 unspecified atom stereocenters. The predicted octanol–water partition coefficient (Wildman–Crippen LogP) is 2.23. The van der Waals surface area contributed by atoms with Gasteiger partial charge in [0, 0.05) is 12.1 Å². The highest BCUT2D eigenvalue weighted by Gasteiger charge is 2.33. The molecule has 0 aromatic heterocycles. The van der Waals surface area contributed by atoms with E-state index in [1.807, 2.05) is 13.8 Å². The predicted molar refractivity (Wildman–Crippen MR) is 62.3 cm³/mol. The van der Waals surface area contributed by atoms with Crippen LogP contribution in [-0.4, -0.2) is 30.6 Å². The van der Waals surface area contributed by atoms with Crippen LogP contribution >= 0.6 is 0 Å². The Kier molecular flexibility index (Phi) is 4.90. The highest BCUT2D eigenvalue weighted by Crippen LogP contribution is 2.33. The van der Waals surface area contributed by atoms with Gasteiger partial charge in [0.2, 0.25) is 0 Å². The van der Waals surface area contributed by atoms with Gasteiger partial charge in [0.05, 0.1) is 0 Å². The van der Waals surface area contributed by atoms with Gasteiger partial charge in [-0.1, -0.05) is 13.8 Å². The topological polar surface area (TPSA) is 29.3 Å². The van der Waals surface area contributed by atoms with E-state index < -0.39 is 0 Å². The van der Waals surface area contributed by atoms with Crippen LogP contribution in [0.25, 0.3) is 0 Å². The van der Waals surface area contributed by atoms with Crippen molar-refractivity contribution in [1.82, 2.24) is 4.90 Å². The normalized spacial score (nSPS) is 38.1. The molecule has 0 radical (unpaired) electrons. The molecule has 2 rings (SSSR count). The first-order chi connectivity index (χ1) is 6.77. The second-order valence-corrected chi connectivity index (χ2v) is 4.52. The Hall–Kier alpha value is -0.0800. The van der Waals surface area contributed by atoms with E-state index in [-0.39, 0.29) is 0 Å². The van der Waals surface area contributed by atoms with Gasteiger partial charge >= 0.3 is 0 Å². The van der Waals surface area contributed by atoms with Crippen molar-refractivity contribution >= 4 is 0 Å². The third kappa shape index (κ3) is 2.71. The van der Waals surface area contributed by atoms with Crippen molar-refractivity contribution in [2.24, 2.45) is 11.7 Å². The lowest BCUT2D eigenvalue weighted by atomic mass is 9.77. The zero-order valence-electron chi connectivity index (χ0n) is 10.00. The Morgan fingerprint density at radius 2 is 1.86 bits per heavy atom. The summed E-state index contributed by atoms with van der Waals surface area (Å²) in [5.74, 6) is 0.910. The molecule has 2 heteroatoms. The van der Waals surface area contributed by atoms with E-state index in [1.165, 1.54) is 38.6 Å². The molecule has 1 heterocycles. The summed E-state index contributed by atoms with van der Waals surface area (Å²) in [7, 11) is 2.27. The second kappa shape index (κ2) is 5.72. The van der Waals surface area contributed by atoms with Gasteiger partial charge in [-0.25, -0.2) is 0 Å². The van der Waals surface area contributed by atoms with Crippen LogP contribution in [0.2, 0.25) is 0 Å². The first kappa shape index (κ1) is 12.0. The van der Waals surface area contributed by atoms with Crippen LogP contribution < -0.4 is 5.73 Å². The van der Waals surface area contributed by atoms with Crippen molar-refractivity contribution in [2.45, 2.75) is 58.0 Å². The average molecular weight is 198 g/mol. The number of fused-ring (bicyclic) bond motifs is 1. The minimum Gasteiger partial charge on any atom is -0.328 e. The summed E-state index contributed by atoms with van der Waals surface area (Å²) in [6, 6.07) is 1.36. The summed E-state index contributed by atoms with van der Waals surface area (Å²) >= 11 is 0. The minimum absolute atomic E-state index is 0.498. The van der Waals surface area contributed by atoms with Gasteiger partial charge in [-0.15, -0.1) is 0 Å². The summed E-state index contributed by atoms with van der Waals surface area (Å²) in [4.78, 5) is 2.54. The van der Waals surface area contributed by atoms with Crippen LogP contribution in [0.15, 0.2) is 0 Å². The van der Waals surface area contributed by atoms with Crippen molar-refractivity contribution < 1.29 is 0 Å². The van der Waals surface area contributed by atoms with Crippen LogP contribution in [-0.2, 0) is 0 Å². The lowest BCUT2D eigenvalue weighted by Crippen LogP contribution is -2.48. The second-order valence-electron chi connectivity index (χ2n) is 4.52. The fourth-order valence-corrected chi connectivity index (χ4v) is 2.94. The summed E-state index contributed by atoms with van der Waals surface area (Å²) in [6.07, 6.45) is 6.65. The van der Waals surface area contributed by atoms with Gasteiger partial charge in [0.25, 0.3) is 0 Å². The molecule has 1 aliphatic heterocycles. The smallest absolute Gasteiger partial charge is 0.0122 e. The van der Waals surface area contributed by atoms with E-state index in [4.69, 9.17) is 5.73 Å².